The Morgan fingerprint density at radius 1 is 1.25 bits per heavy atom. The van der Waals surface area contributed by atoms with Gasteiger partial charge >= 0.3 is 0 Å². The zero-order valence-corrected chi connectivity index (χ0v) is 10.7. The van der Waals surface area contributed by atoms with Gasteiger partial charge < -0.3 is 10.1 Å². The second-order valence-corrected chi connectivity index (χ2v) is 4.20. The van der Waals surface area contributed by atoms with Crippen LogP contribution in [0.1, 0.15) is 37.3 Å². The topological polar surface area (TPSA) is 21.3 Å². The Bertz CT molecular complexity index is 310. The molecule has 0 saturated carbocycles. The first kappa shape index (κ1) is 13.0. The van der Waals surface area contributed by atoms with E-state index in [1.54, 1.807) is 0 Å². The summed E-state index contributed by atoms with van der Waals surface area (Å²) in [6, 6.07) is 6.37. The molecule has 90 valence electrons. The lowest BCUT2D eigenvalue weighted by molar-refractivity contribution is 0.302. The van der Waals surface area contributed by atoms with E-state index in [0.717, 1.165) is 25.3 Å². The highest BCUT2D eigenvalue weighted by molar-refractivity contribution is 5.36. The van der Waals surface area contributed by atoms with Gasteiger partial charge in [0.2, 0.25) is 0 Å². The van der Waals surface area contributed by atoms with Crippen LogP contribution in [0.2, 0.25) is 0 Å². The lowest BCUT2D eigenvalue weighted by atomic mass is 10.1. The molecule has 0 radical (unpaired) electrons. The normalized spacial score (nSPS) is 10.4. The monoisotopic (exact) mass is 221 g/mol. The molecule has 0 aliphatic heterocycles. The van der Waals surface area contributed by atoms with Gasteiger partial charge in [-0.15, -0.1) is 0 Å². The van der Waals surface area contributed by atoms with Crippen molar-refractivity contribution in [2.24, 2.45) is 0 Å². The lowest BCUT2D eigenvalue weighted by Crippen LogP contribution is -2.08. The van der Waals surface area contributed by atoms with E-state index in [1.165, 1.54) is 24.0 Å². The summed E-state index contributed by atoms with van der Waals surface area (Å²) in [5.74, 6) is 1.02. The molecule has 1 aromatic carbocycles. The van der Waals surface area contributed by atoms with Crippen molar-refractivity contribution in [2.45, 2.75) is 39.7 Å². The van der Waals surface area contributed by atoms with Gasteiger partial charge in [0, 0.05) is 12.1 Å². The van der Waals surface area contributed by atoms with E-state index >= 15 is 0 Å². The van der Waals surface area contributed by atoms with Gasteiger partial charge in [0.25, 0.3) is 0 Å². The molecule has 0 amide bonds. The standard InChI is InChI=1S/C14H23NO/c1-4-5-6-9-16-14-8-7-12(2)10-13(14)11-15-3/h7-8,10,15H,4-6,9,11H2,1-3H3. The maximum atomic E-state index is 5.81. The van der Waals surface area contributed by atoms with Crippen LogP contribution in [0.3, 0.4) is 0 Å². The maximum absolute atomic E-state index is 5.81. The first-order valence-corrected chi connectivity index (χ1v) is 6.15. The Labute approximate surface area is 99.0 Å². The fourth-order valence-corrected chi connectivity index (χ4v) is 1.71. The average Bonchev–Trinajstić information content (AvgIpc) is 2.27. The van der Waals surface area contributed by atoms with Crippen LogP contribution in [0.15, 0.2) is 18.2 Å². The van der Waals surface area contributed by atoms with Crippen LogP contribution in [-0.2, 0) is 6.54 Å². The van der Waals surface area contributed by atoms with Crippen LogP contribution in [0.25, 0.3) is 0 Å². The largest absolute Gasteiger partial charge is 0.493 e. The molecule has 0 bridgehead atoms. The highest BCUT2D eigenvalue weighted by atomic mass is 16.5. The fourth-order valence-electron chi connectivity index (χ4n) is 1.71. The molecule has 0 aliphatic carbocycles. The van der Waals surface area contributed by atoms with Gasteiger partial charge in [0.15, 0.2) is 0 Å². The number of nitrogens with one attached hydrogen (secondary N) is 1. The third-order valence-electron chi connectivity index (χ3n) is 2.59. The molecule has 1 rings (SSSR count). The molecular weight excluding hydrogens is 198 g/mol. The first-order chi connectivity index (χ1) is 7.77. The lowest BCUT2D eigenvalue weighted by Gasteiger charge is -2.12. The van der Waals surface area contributed by atoms with Gasteiger partial charge in [-0.05, 0) is 26.5 Å². The van der Waals surface area contributed by atoms with E-state index in [-0.39, 0.29) is 0 Å². The summed E-state index contributed by atoms with van der Waals surface area (Å²) in [6.45, 7) is 6.01. The molecular formula is C14H23NO. The van der Waals surface area contributed by atoms with Crippen molar-refractivity contribution in [1.29, 1.82) is 0 Å². The number of rotatable bonds is 7. The summed E-state index contributed by atoms with van der Waals surface area (Å²) >= 11 is 0. The molecule has 2 heteroatoms. The molecule has 1 N–H and O–H groups in total. The molecule has 0 heterocycles. The van der Waals surface area contributed by atoms with Crippen LogP contribution in [-0.4, -0.2) is 13.7 Å². The highest BCUT2D eigenvalue weighted by Crippen LogP contribution is 2.20. The summed E-state index contributed by atoms with van der Waals surface area (Å²) in [5, 5.41) is 3.17. The SMILES string of the molecule is CCCCCOc1ccc(C)cc1CNC. The molecule has 2 nitrogen and oxygen atoms in total. The number of unbranched alkanes of at least 4 members (excludes halogenated alkanes) is 2. The molecule has 0 atom stereocenters. The minimum atomic E-state index is 0.827. The summed E-state index contributed by atoms with van der Waals surface area (Å²) < 4.78 is 5.81. The molecule has 0 unspecified atom stereocenters. The molecule has 0 saturated heterocycles. The zero-order chi connectivity index (χ0) is 11.8. The number of aryl methyl sites for hydroxylation is 1. The molecule has 0 fully saturated rings. The van der Waals surface area contributed by atoms with Crippen LogP contribution in [0, 0.1) is 6.92 Å². The Morgan fingerprint density at radius 2 is 2.06 bits per heavy atom. The summed E-state index contributed by atoms with van der Waals surface area (Å²) in [7, 11) is 1.96. The van der Waals surface area contributed by atoms with Crippen molar-refractivity contribution in [1.82, 2.24) is 5.32 Å². The number of hydrogen-bond donors (Lipinski definition) is 1. The van der Waals surface area contributed by atoms with Crippen LogP contribution in [0.4, 0.5) is 0 Å². The molecule has 1 aromatic rings. The van der Waals surface area contributed by atoms with Gasteiger partial charge in [-0.25, -0.2) is 0 Å². The maximum Gasteiger partial charge on any atom is 0.123 e. The first-order valence-electron chi connectivity index (χ1n) is 6.15. The van der Waals surface area contributed by atoms with E-state index in [9.17, 15) is 0 Å². The highest BCUT2D eigenvalue weighted by Gasteiger charge is 2.02. The van der Waals surface area contributed by atoms with Gasteiger partial charge in [-0.1, -0.05) is 37.5 Å². The summed E-state index contributed by atoms with van der Waals surface area (Å²) in [5.41, 5.74) is 2.53. The smallest absolute Gasteiger partial charge is 0.123 e. The molecule has 0 aliphatic rings. The Hall–Kier alpha value is -1.02. The minimum Gasteiger partial charge on any atom is -0.493 e. The van der Waals surface area contributed by atoms with Crippen LogP contribution >= 0.6 is 0 Å². The van der Waals surface area contributed by atoms with Crippen molar-refractivity contribution in [2.75, 3.05) is 13.7 Å². The van der Waals surface area contributed by atoms with Crippen LogP contribution < -0.4 is 10.1 Å². The second-order valence-electron chi connectivity index (χ2n) is 4.20. The van der Waals surface area contributed by atoms with Crippen molar-refractivity contribution < 1.29 is 4.74 Å². The van der Waals surface area contributed by atoms with E-state index < -0.39 is 0 Å². The molecule has 0 spiro atoms. The quantitative estimate of drug-likeness (QED) is 0.713. The third-order valence-corrected chi connectivity index (χ3v) is 2.59. The third kappa shape index (κ3) is 4.23. The van der Waals surface area contributed by atoms with Gasteiger partial charge in [-0.2, -0.15) is 0 Å². The van der Waals surface area contributed by atoms with E-state index in [4.69, 9.17) is 4.74 Å². The van der Waals surface area contributed by atoms with Crippen LogP contribution in [0.5, 0.6) is 5.75 Å². The number of ether oxygens (including phenoxy) is 1. The van der Waals surface area contributed by atoms with Gasteiger partial charge in [0.05, 0.1) is 6.61 Å². The predicted octanol–water partition coefficient (Wildman–Crippen LogP) is 3.28. The molecule has 16 heavy (non-hydrogen) atoms. The van der Waals surface area contributed by atoms with Gasteiger partial charge in [-0.3, -0.25) is 0 Å². The minimum absolute atomic E-state index is 0.827. The Morgan fingerprint density at radius 3 is 2.75 bits per heavy atom. The average molecular weight is 221 g/mol. The number of benzene rings is 1. The van der Waals surface area contributed by atoms with Crippen molar-refractivity contribution in [3.63, 3.8) is 0 Å². The number of hydrogen-bond acceptors (Lipinski definition) is 2. The fraction of sp³-hybridized carbons (Fsp3) is 0.571. The zero-order valence-electron chi connectivity index (χ0n) is 10.7. The summed E-state index contributed by atoms with van der Waals surface area (Å²) in [4.78, 5) is 0. The predicted molar refractivity (Wildman–Crippen MR) is 69.0 cm³/mol. The van der Waals surface area contributed by atoms with Crippen molar-refractivity contribution in [3.8, 4) is 5.75 Å². The van der Waals surface area contributed by atoms with E-state index in [2.05, 4.69) is 37.4 Å². The van der Waals surface area contributed by atoms with E-state index in [0.29, 0.717) is 0 Å². The van der Waals surface area contributed by atoms with Crippen molar-refractivity contribution in [3.05, 3.63) is 29.3 Å². The second kappa shape index (κ2) is 7.29. The van der Waals surface area contributed by atoms with E-state index in [1.807, 2.05) is 7.05 Å². The van der Waals surface area contributed by atoms with Crippen molar-refractivity contribution >= 4 is 0 Å². The van der Waals surface area contributed by atoms with Gasteiger partial charge in [0.1, 0.15) is 5.75 Å². The Balaban J connectivity index is 2.56. The Kier molecular flexibility index (Phi) is 5.94. The summed E-state index contributed by atoms with van der Waals surface area (Å²) in [6.07, 6.45) is 3.62. The molecule has 0 aromatic heterocycles.